The van der Waals surface area contributed by atoms with Gasteiger partial charge < -0.3 is 10.1 Å². The third-order valence-corrected chi connectivity index (χ3v) is 3.88. The molecule has 142 valence electrons. The van der Waals surface area contributed by atoms with Gasteiger partial charge in [-0.1, -0.05) is 18.2 Å². The van der Waals surface area contributed by atoms with Gasteiger partial charge in [-0.3, -0.25) is 9.78 Å². The summed E-state index contributed by atoms with van der Waals surface area (Å²) in [5, 5.41) is 2.74. The lowest BCUT2D eigenvalue weighted by atomic mass is 10.1. The summed E-state index contributed by atoms with van der Waals surface area (Å²) in [6.45, 7) is 1.79. The van der Waals surface area contributed by atoms with E-state index in [-0.39, 0.29) is 11.6 Å². The molecule has 28 heavy (non-hydrogen) atoms. The highest BCUT2D eigenvalue weighted by molar-refractivity contribution is 5.92. The Labute approximate surface area is 160 Å². The first-order valence-electron chi connectivity index (χ1n) is 8.49. The van der Waals surface area contributed by atoms with Crippen LogP contribution in [0.3, 0.4) is 0 Å². The summed E-state index contributed by atoms with van der Waals surface area (Å²) >= 11 is 0. The fourth-order valence-corrected chi connectivity index (χ4v) is 2.48. The van der Waals surface area contributed by atoms with Crippen molar-refractivity contribution in [2.24, 2.45) is 0 Å². The zero-order valence-corrected chi connectivity index (χ0v) is 15.0. The quantitative estimate of drug-likeness (QED) is 0.641. The number of carbonyl (C=O) groups excluding carboxylic acids is 1. The Morgan fingerprint density at radius 1 is 1.14 bits per heavy atom. The predicted octanol–water partition coefficient (Wildman–Crippen LogP) is 4.44. The number of carbonyl (C=O) groups is 1. The van der Waals surface area contributed by atoms with E-state index in [9.17, 15) is 13.6 Å². The second-order valence-electron chi connectivity index (χ2n) is 5.92. The van der Waals surface area contributed by atoms with E-state index in [1.54, 1.807) is 31.3 Å². The van der Waals surface area contributed by atoms with E-state index in [1.807, 2.05) is 6.07 Å². The van der Waals surface area contributed by atoms with Crippen LogP contribution in [0.2, 0.25) is 0 Å². The molecule has 0 aliphatic rings. The fraction of sp³-hybridized carbons (Fsp3) is 0.0952. The second kappa shape index (κ2) is 8.85. The van der Waals surface area contributed by atoms with Crippen molar-refractivity contribution < 1.29 is 18.3 Å². The highest BCUT2D eigenvalue weighted by atomic mass is 19.1. The van der Waals surface area contributed by atoms with Crippen LogP contribution in [-0.4, -0.2) is 15.9 Å². The van der Waals surface area contributed by atoms with Crippen molar-refractivity contribution in [3.8, 4) is 11.6 Å². The lowest BCUT2D eigenvalue weighted by molar-refractivity contribution is -0.117. The Morgan fingerprint density at radius 2 is 1.89 bits per heavy atom. The number of hydrogen-bond acceptors (Lipinski definition) is 4. The van der Waals surface area contributed by atoms with Gasteiger partial charge in [-0.15, -0.1) is 0 Å². The zero-order valence-electron chi connectivity index (χ0n) is 15.0. The van der Waals surface area contributed by atoms with Gasteiger partial charge in [-0.25, -0.2) is 13.8 Å². The van der Waals surface area contributed by atoms with E-state index in [1.165, 1.54) is 18.5 Å². The summed E-state index contributed by atoms with van der Waals surface area (Å²) in [6.07, 6.45) is 6.76. The van der Waals surface area contributed by atoms with Crippen molar-refractivity contribution in [2.75, 3.05) is 0 Å². The van der Waals surface area contributed by atoms with Gasteiger partial charge in [-0.2, -0.15) is 0 Å². The van der Waals surface area contributed by atoms with Crippen molar-refractivity contribution in [1.82, 2.24) is 15.3 Å². The molecule has 0 saturated heterocycles. The first-order valence-corrected chi connectivity index (χ1v) is 8.49. The van der Waals surface area contributed by atoms with Gasteiger partial charge in [0, 0.05) is 24.0 Å². The van der Waals surface area contributed by atoms with Crippen LogP contribution in [-0.2, 0) is 4.79 Å². The number of ether oxygens (including phenoxy) is 1. The minimum atomic E-state index is -0.731. The van der Waals surface area contributed by atoms with Crippen LogP contribution in [0, 0.1) is 11.6 Å². The van der Waals surface area contributed by atoms with E-state index in [2.05, 4.69) is 15.3 Å². The van der Waals surface area contributed by atoms with Gasteiger partial charge in [0.15, 0.2) is 0 Å². The molecule has 1 aromatic heterocycles. The average Bonchev–Trinajstić information content (AvgIpc) is 2.68. The first-order chi connectivity index (χ1) is 13.5. The Kier molecular flexibility index (Phi) is 6.06. The molecule has 7 heteroatoms. The molecule has 1 N–H and O–H groups in total. The molecule has 1 heterocycles. The SMILES string of the molecule is CC(NC(=O)/C=C/c1c(F)cccc1F)c1cccc(Oc2cnccn2)c1. The molecule has 0 aliphatic heterocycles. The number of rotatable bonds is 6. The Bertz CT molecular complexity index is 974. The Balaban J connectivity index is 1.65. The molecule has 3 rings (SSSR count). The largest absolute Gasteiger partial charge is 0.437 e. The minimum absolute atomic E-state index is 0.260. The summed E-state index contributed by atoms with van der Waals surface area (Å²) in [7, 11) is 0. The van der Waals surface area contributed by atoms with Gasteiger partial charge in [0.05, 0.1) is 12.2 Å². The smallest absolute Gasteiger partial charge is 0.244 e. The monoisotopic (exact) mass is 381 g/mol. The number of halogens is 2. The summed E-state index contributed by atoms with van der Waals surface area (Å²) in [6, 6.07) is 10.3. The predicted molar refractivity (Wildman–Crippen MR) is 100 cm³/mol. The Morgan fingerprint density at radius 3 is 2.61 bits per heavy atom. The van der Waals surface area contributed by atoms with Crippen LogP contribution >= 0.6 is 0 Å². The molecule has 0 bridgehead atoms. The summed E-state index contributed by atoms with van der Waals surface area (Å²) in [5.41, 5.74) is 0.532. The minimum Gasteiger partial charge on any atom is -0.437 e. The molecule has 5 nitrogen and oxygen atoms in total. The van der Waals surface area contributed by atoms with Gasteiger partial charge in [0.2, 0.25) is 11.8 Å². The highest BCUT2D eigenvalue weighted by Crippen LogP contribution is 2.23. The normalized spacial score (nSPS) is 12.0. The summed E-state index contributed by atoms with van der Waals surface area (Å²) in [5.74, 6) is -1.04. The molecule has 0 radical (unpaired) electrons. The molecule has 0 spiro atoms. The van der Waals surface area contributed by atoms with Gasteiger partial charge >= 0.3 is 0 Å². The van der Waals surface area contributed by atoms with E-state index in [4.69, 9.17) is 4.74 Å². The third-order valence-electron chi connectivity index (χ3n) is 3.88. The topological polar surface area (TPSA) is 64.1 Å². The van der Waals surface area contributed by atoms with E-state index in [0.717, 1.165) is 29.8 Å². The van der Waals surface area contributed by atoms with Crippen LogP contribution in [0.15, 0.2) is 67.1 Å². The number of aromatic nitrogens is 2. The lowest BCUT2D eigenvalue weighted by Crippen LogP contribution is -2.24. The highest BCUT2D eigenvalue weighted by Gasteiger charge is 2.10. The summed E-state index contributed by atoms with van der Waals surface area (Å²) in [4.78, 5) is 20.1. The van der Waals surface area contributed by atoms with Crippen LogP contribution in [0.25, 0.3) is 6.08 Å². The van der Waals surface area contributed by atoms with Crippen molar-refractivity contribution in [3.05, 3.63) is 89.9 Å². The van der Waals surface area contributed by atoms with Crippen LogP contribution < -0.4 is 10.1 Å². The Hall–Kier alpha value is -3.61. The standard InChI is InChI=1S/C21H17F2N3O2/c1-14(26-20(27)9-8-17-18(22)6-3-7-19(17)23)15-4-2-5-16(12-15)28-21-13-24-10-11-25-21/h2-14H,1H3,(H,26,27)/b9-8+. The molecule has 0 saturated carbocycles. The molecule has 1 unspecified atom stereocenters. The van der Waals surface area contributed by atoms with Gasteiger partial charge in [0.25, 0.3) is 0 Å². The fourth-order valence-electron chi connectivity index (χ4n) is 2.48. The maximum absolute atomic E-state index is 13.6. The average molecular weight is 381 g/mol. The third kappa shape index (κ3) is 4.97. The van der Waals surface area contributed by atoms with E-state index >= 15 is 0 Å². The molecular formula is C21H17F2N3O2. The van der Waals surface area contributed by atoms with Crippen LogP contribution in [0.4, 0.5) is 8.78 Å². The van der Waals surface area contributed by atoms with Gasteiger partial charge in [-0.05, 0) is 42.8 Å². The summed E-state index contributed by atoms with van der Waals surface area (Å²) < 4.78 is 32.8. The number of benzene rings is 2. The van der Waals surface area contributed by atoms with E-state index in [0.29, 0.717) is 11.6 Å². The van der Waals surface area contributed by atoms with E-state index < -0.39 is 17.5 Å². The van der Waals surface area contributed by atoms with Gasteiger partial charge in [0.1, 0.15) is 17.4 Å². The van der Waals surface area contributed by atoms with Crippen molar-refractivity contribution in [2.45, 2.75) is 13.0 Å². The van der Waals surface area contributed by atoms with Crippen molar-refractivity contribution in [1.29, 1.82) is 0 Å². The maximum atomic E-state index is 13.6. The zero-order chi connectivity index (χ0) is 19.9. The van der Waals surface area contributed by atoms with Crippen molar-refractivity contribution >= 4 is 12.0 Å². The molecule has 0 fully saturated rings. The van der Waals surface area contributed by atoms with Crippen molar-refractivity contribution in [3.63, 3.8) is 0 Å². The first kappa shape index (κ1) is 19.2. The molecular weight excluding hydrogens is 364 g/mol. The maximum Gasteiger partial charge on any atom is 0.244 e. The molecule has 1 amide bonds. The lowest BCUT2D eigenvalue weighted by Gasteiger charge is -2.14. The molecule has 0 aliphatic carbocycles. The number of nitrogens with zero attached hydrogens (tertiary/aromatic N) is 2. The second-order valence-corrected chi connectivity index (χ2v) is 5.92. The van der Waals surface area contributed by atoms with Crippen LogP contribution in [0.5, 0.6) is 11.6 Å². The van der Waals surface area contributed by atoms with Crippen LogP contribution in [0.1, 0.15) is 24.1 Å². The molecule has 3 aromatic rings. The number of amides is 1. The molecule has 1 atom stereocenters. The molecule has 2 aromatic carbocycles. The number of nitrogens with one attached hydrogen (secondary N) is 1. The number of hydrogen-bond donors (Lipinski definition) is 1.